The Morgan fingerprint density at radius 3 is 2.58 bits per heavy atom. The molecule has 1 aliphatic rings. The van der Waals surface area contributed by atoms with Gasteiger partial charge < -0.3 is 14.5 Å². The Bertz CT molecular complexity index is 1300. The van der Waals surface area contributed by atoms with Crippen LogP contribution in [0.15, 0.2) is 54.7 Å². The Morgan fingerprint density at radius 1 is 1.13 bits per heavy atom. The minimum absolute atomic E-state index is 0.0988. The summed E-state index contributed by atoms with van der Waals surface area (Å²) < 4.78 is 26.6. The van der Waals surface area contributed by atoms with E-state index in [4.69, 9.17) is 9.16 Å². The van der Waals surface area contributed by atoms with Crippen molar-refractivity contribution in [1.82, 2.24) is 10.3 Å². The molecule has 1 amide bonds. The van der Waals surface area contributed by atoms with Crippen LogP contribution in [0.4, 0.5) is 4.39 Å². The Kier molecular flexibility index (Phi) is 8.38. The van der Waals surface area contributed by atoms with Crippen LogP contribution in [0.5, 0.6) is 5.75 Å². The Morgan fingerprint density at radius 2 is 1.89 bits per heavy atom. The molecule has 0 aliphatic heterocycles. The van der Waals surface area contributed by atoms with E-state index in [0.29, 0.717) is 41.6 Å². The molecule has 5 nitrogen and oxygen atoms in total. The zero-order valence-corrected chi connectivity index (χ0v) is 24.4. The summed E-state index contributed by atoms with van der Waals surface area (Å²) in [4.78, 5) is 18.0. The standard InChI is InChI=1S/C31H39FN2O3Si/c1-21-9-10-23(16-27(21)32)18-34-30(35)26-17-24(13-14-28(26)36-19-22-11-12-22)29-25(8-7-15-33-29)20-37-38(5,6)31(2,3)4/h7-10,13-17,22H,11-12,18-20H2,1-6H3,(H,34,35). The summed E-state index contributed by atoms with van der Waals surface area (Å²) >= 11 is 0. The summed E-state index contributed by atoms with van der Waals surface area (Å²) in [6.07, 6.45) is 4.07. The Labute approximate surface area is 226 Å². The summed E-state index contributed by atoms with van der Waals surface area (Å²) in [5, 5.41) is 3.03. The van der Waals surface area contributed by atoms with Crippen molar-refractivity contribution in [2.75, 3.05) is 6.61 Å². The maximum atomic E-state index is 14.0. The van der Waals surface area contributed by atoms with E-state index in [-0.39, 0.29) is 23.3 Å². The van der Waals surface area contributed by atoms with Gasteiger partial charge in [-0.1, -0.05) is 39.0 Å². The SMILES string of the molecule is Cc1ccc(CNC(=O)c2cc(-c3ncccc3CO[Si](C)(C)C(C)(C)C)ccc2OCC2CC2)cc1F. The molecule has 1 saturated carbocycles. The summed E-state index contributed by atoms with van der Waals surface area (Å²) in [6, 6.07) is 14.6. The first kappa shape index (κ1) is 28.0. The fourth-order valence-corrected chi connectivity index (χ4v) is 4.74. The van der Waals surface area contributed by atoms with Gasteiger partial charge >= 0.3 is 0 Å². The molecule has 1 N–H and O–H groups in total. The van der Waals surface area contributed by atoms with E-state index in [1.807, 2.05) is 36.4 Å². The lowest BCUT2D eigenvalue weighted by Gasteiger charge is -2.36. The number of carbonyl (C=O) groups is 1. The van der Waals surface area contributed by atoms with E-state index in [9.17, 15) is 9.18 Å². The van der Waals surface area contributed by atoms with Gasteiger partial charge in [0.2, 0.25) is 0 Å². The van der Waals surface area contributed by atoms with Crippen LogP contribution in [-0.4, -0.2) is 25.8 Å². The number of hydrogen-bond donors (Lipinski definition) is 1. The highest BCUT2D eigenvalue weighted by atomic mass is 28.4. The van der Waals surface area contributed by atoms with E-state index in [1.165, 1.54) is 6.07 Å². The number of halogens is 1. The third-order valence-corrected chi connectivity index (χ3v) is 12.1. The number of carbonyl (C=O) groups excluding carboxylic acids is 1. The number of hydrogen-bond acceptors (Lipinski definition) is 4. The second-order valence-corrected chi connectivity index (χ2v) is 16.6. The number of aromatic nitrogens is 1. The van der Waals surface area contributed by atoms with Gasteiger partial charge in [-0.3, -0.25) is 9.78 Å². The summed E-state index contributed by atoms with van der Waals surface area (Å²) in [6.45, 7) is 14.1. The number of ether oxygens (including phenoxy) is 1. The summed E-state index contributed by atoms with van der Waals surface area (Å²) in [5.74, 6) is 0.544. The summed E-state index contributed by atoms with van der Waals surface area (Å²) in [5.41, 5.74) is 4.31. The second-order valence-electron chi connectivity index (χ2n) is 11.8. The van der Waals surface area contributed by atoms with Crippen molar-refractivity contribution in [2.24, 2.45) is 5.92 Å². The zero-order valence-electron chi connectivity index (χ0n) is 23.4. The molecule has 0 unspecified atom stereocenters. The van der Waals surface area contributed by atoms with E-state index in [1.54, 1.807) is 19.2 Å². The van der Waals surface area contributed by atoms with Crippen molar-refractivity contribution in [2.45, 2.75) is 71.8 Å². The number of amides is 1. The minimum Gasteiger partial charge on any atom is -0.492 e. The second kappa shape index (κ2) is 11.4. The molecule has 0 bridgehead atoms. The Balaban J connectivity index is 1.59. The highest BCUT2D eigenvalue weighted by Gasteiger charge is 2.37. The van der Waals surface area contributed by atoms with Crippen molar-refractivity contribution in [1.29, 1.82) is 0 Å². The molecule has 0 radical (unpaired) electrons. The first-order valence-corrected chi connectivity index (χ1v) is 16.2. The van der Waals surface area contributed by atoms with Crippen molar-refractivity contribution < 1.29 is 18.3 Å². The van der Waals surface area contributed by atoms with Gasteiger partial charge in [0.15, 0.2) is 8.32 Å². The predicted molar refractivity (Wildman–Crippen MR) is 152 cm³/mol. The van der Waals surface area contributed by atoms with Gasteiger partial charge in [-0.05, 0) is 85.3 Å². The molecule has 0 saturated heterocycles. The molecule has 3 aromatic rings. The number of pyridine rings is 1. The Hall–Kier alpha value is -3.03. The molecular weight excluding hydrogens is 495 g/mol. The topological polar surface area (TPSA) is 60.5 Å². The molecule has 1 aromatic heterocycles. The van der Waals surface area contributed by atoms with E-state index in [2.05, 4.69) is 44.2 Å². The first-order valence-electron chi connectivity index (χ1n) is 13.3. The third kappa shape index (κ3) is 6.88. The average Bonchev–Trinajstić information content (AvgIpc) is 3.71. The molecular formula is C31H39FN2O3Si. The van der Waals surface area contributed by atoms with E-state index < -0.39 is 8.32 Å². The number of rotatable bonds is 10. The van der Waals surface area contributed by atoms with Crippen LogP contribution in [0.1, 0.15) is 60.7 Å². The van der Waals surface area contributed by atoms with Crippen LogP contribution in [0.3, 0.4) is 0 Å². The van der Waals surface area contributed by atoms with Crippen LogP contribution >= 0.6 is 0 Å². The van der Waals surface area contributed by atoms with E-state index >= 15 is 0 Å². The van der Waals surface area contributed by atoms with Crippen LogP contribution in [0.25, 0.3) is 11.3 Å². The fourth-order valence-electron chi connectivity index (χ4n) is 3.79. The maximum Gasteiger partial charge on any atom is 0.255 e. The van der Waals surface area contributed by atoms with Gasteiger partial charge in [0.1, 0.15) is 11.6 Å². The monoisotopic (exact) mass is 534 g/mol. The van der Waals surface area contributed by atoms with Crippen molar-refractivity contribution >= 4 is 14.2 Å². The molecule has 2 aromatic carbocycles. The molecule has 202 valence electrons. The number of nitrogens with one attached hydrogen (secondary N) is 1. The molecule has 0 spiro atoms. The maximum absolute atomic E-state index is 14.0. The molecule has 1 fully saturated rings. The molecule has 0 atom stereocenters. The van der Waals surface area contributed by atoms with Crippen LogP contribution in [0.2, 0.25) is 18.1 Å². The van der Waals surface area contributed by atoms with Crippen LogP contribution in [0, 0.1) is 18.7 Å². The number of aryl methyl sites for hydroxylation is 1. The van der Waals surface area contributed by atoms with Crippen molar-refractivity contribution in [3.63, 3.8) is 0 Å². The fraction of sp³-hybridized carbons (Fsp3) is 0.419. The highest BCUT2D eigenvalue weighted by molar-refractivity contribution is 6.74. The van der Waals surface area contributed by atoms with Gasteiger partial charge in [-0.15, -0.1) is 0 Å². The minimum atomic E-state index is -1.95. The molecule has 7 heteroatoms. The molecule has 38 heavy (non-hydrogen) atoms. The van der Waals surface area contributed by atoms with Crippen molar-refractivity contribution in [3.8, 4) is 17.0 Å². The van der Waals surface area contributed by atoms with E-state index in [0.717, 1.165) is 29.7 Å². The molecule has 4 rings (SSSR count). The number of benzene rings is 2. The molecule has 1 heterocycles. The lowest BCUT2D eigenvalue weighted by molar-refractivity contribution is 0.0946. The van der Waals surface area contributed by atoms with Gasteiger partial charge in [-0.2, -0.15) is 0 Å². The molecule has 1 aliphatic carbocycles. The lowest BCUT2D eigenvalue weighted by atomic mass is 10.0. The van der Waals surface area contributed by atoms with Gasteiger partial charge in [0, 0.05) is 23.9 Å². The largest absolute Gasteiger partial charge is 0.492 e. The lowest BCUT2D eigenvalue weighted by Crippen LogP contribution is -2.40. The zero-order chi connectivity index (χ0) is 27.5. The number of nitrogens with zero attached hydrogens (tertiary/aromatic N) is 1. The predicted octanol–water partition coefficient (Wildman–Crippen LogP) is 7.44. The normalized spacial score (nSPS) is 13.9. The van der Waals surface area contributed by atoms with Crippen LogP contribution in [-0.2, 0) is 17.6 Å². The van der Waals surface area contributed by atoms with Gasteiger partial charge in [0.25, 0.3) is 5.91 Å². The quantitative estimate of drug-likeness (QED) is 0.275. The third-order valence-electron chi connectivity index (χ3n) is 7.64. The summed E-state index contributed by atoms with van der Waals surface area (Å²) in [7, 11) is -1.95. The van der Waals surface area contributed by atoms with Gasteiger partial charge in [0.05, 0.1) is 24.5 Å². The average molecular weight is 535 g/mol. The van der Waals surface area contributed by atoms with Crippen LogP contribution < -0.4 is 10.1 Å². The van der Waals surface area contributed by atoms with Crippen molar-refractivity contribution in [3.05, 3.63) is 82.8 Å². The highest BCUT2D eigenvalue weighted by Crippen LogP contribution is 2.38. The van der Waals surface area contributed by atoms with Gasteiger partial charge in [-0.25, -0.2) is 4.39 Å². The first-order chi connectivity index (χ1) is 17.9. The smallest absolute Gasteiger partial charge is 0.255 e.